The molecule has 0 atom stereocenters. The van der Waals surface area contributed by atoms with Crippen molar-refractivity contribution in [3.63, 3.8) is 0 Å². The van der Waals surface area contributed by atoms with Crippen molar-refractivity contribution in [2.24, 2.45) is 0 Å². The molecule has 4 amide bonds. The number of benzene rings is 2. The number of rotatable bonds is 7. The molecule has 0 bridgehead atoms. The maximum atomic E-state index is 13.5. The van der Waals surface area contributed by atoms with E-state index in [1.807, 2.05) is 24.3 Å². The second kappa shape index (κ2) is 9.87. The van der Waals surface area contributed by atoms with Gasteiger partial charge in [-0.05, 0) is 54.2 Å². The van der Waals surface area contributed by atoms with Crippen LogP contribution in [-0.2, 0) is 16.1 Å². The van der Waals surface area contributed by atoms with E-state index in [1.54, 1.807) is 24.1 Å². The van der Waals surface area contributed by atoms with E-state index < -0.39 is 11.6 Å². The van der Waals surface area contributed by atoms with Crippen molar-refractivity contribution in [2.45, 2.75) is 64.0 Å². The molecule has 1 N–H and O–H groups in total. The van der Waals surface area contributed by atoms with Crippen LogP contribution in [0.25, 0.3) is 0 Å². The fraction of sp³-hybridized carbons (Fsp3) is 0.444. The van der Waals surface area contributed by atoms with Gasteiger partial charge >= 0.3 is 6.03 Å². The van der Waals surface area contributed by atoms with Gasteiger partial charge in [0.2, 0.25) is 5.91 Å². The first kappa shape index (κ1) is 23.8. The Labute approximate surface area is 201 Å². The SMILES string of the molecule is COc1ccc(N(Cc2ccc(C(C)C)cc2)C(=O)CN2C(=O)NC3(CCCCC3)C2=O)cc1. The van der Waals surface area contributed by atoms with Crippen molar-refractivity contribution < 1.29 is 19.1 Å². The first-order chi connectivity index (χ1) is 16.3. The molecule has 0 unspecified atom stereocenters. The molecule has 1 spiro atoms. The predicted octanol–water partition coefficient (Wildman–Crippen LogP) is 4.61. The predicted molar refractivity (Wildman–Crippen MR) is 131 cm³/mol. The van der Waals surface area contributed by atoms with Gasteiger partial charge in [0.1, 0.15) is 17.8 Å². The smallest absolute Gasteiger partial charge is 0.325 e. The van der Waals surface area contributed by atoms with Gasteiger partial charge in [0.05, 0.1) is 13.7 Å². The molecule has 34 heavy (non-hydrogen) atoms. The summed E-state index contributed by atoms with van der Waals surface area (Å²) in [5, 5.41) is 2.88. The lowest BCUT2D eigenvalue weighted by molar-refractivity contribution is -0.135. The lowest BCUT2D eigenvalue weighted by Gasteiger charge is -2.30. The average molecular weight is 464 g/mol. The van der Waals surface area contributed by atoms with E-state index in [9.17, 15) is 14.4 Å². The standard InChI is InChI=1S/C27H33N3O4/c1-19(2)21-9-7-20(8-10-21)17-29(22-11-13-23(34-3)14-12-22)24(31)18-30-25(32)27(28-26(30)33)15-5-4-6-16-27/h7-14,19H,4-6,15-18H2,1-3H3,(H,28,33). The van der Waals surface area contributed by atoms with Crippen LogP contribution in [0.3, 0.4) is 0 Å². The largest absolute Gasteiger partial charge is 0.497 e. The van der Waals surface area contributed by atoms with Crippen molar-refractivity contribution >= 4 is 23.5 Å². The Morgan fingerprint density at radius 1 is 1.03 bits per heavy atom. The molecule has 2 aromatic rings. The van der Waals surface area contributed by atoms with Crippen LogP contribution >= 0.6 is 0 Å². The first-order valence-corrected chi connectivity index (χ1v) is 12.0. The van der Waals surface area contributed by atoms with Gasteiger partial charge in [-0.2, -0.15) is 0 Å². The molecule has 1 aliphatic carbocycles. The molecule has 4 rings (SSSR count). The minimum absolute atomic E-state index is 0.276. The maximum absolute atomic E-state index is 13.5. The molecule has 1 saturated carbocycles. The Kier molecular flexibility index (Phi) is 6.91. The van der Waals surface area contributed by atoms with Gasteiger partial charge in [-0.15, -0.1) is 0 Å². The normalized spacial score (nSPS) is 17.2. The summed E-state index contributed by atoms with van der Waals surface area (Å²) in [6.45, 7) is 4.32. The molecule has 0 radical (unpaired) electrons. The quantitative estimate of drug-likeness (QED) is 0.609. The van der Waals surface area contributed by atoms with E-state index in [0.717, 1.165) is 29.7 Å². The zero-order valence-corrected chi connectivity index (χ0v) is 20.2. The van der Waals surface area contributed by atoms with Gasteiger partial charge < -0.3 is 15.0 Å². The van der Waals surface area contributed by atoms with Gasteiger partial charge in [0, 0.05) is 5.69 Å². The van der Waals surface area contributed by atoms with Gasteiger partial charge in [0.25, 0.3) is 5.91 Å². The summed E-state index contributed by atoms with van der Waals surface area (Å²) in [4.78, 5) is 42.1. The summed E-state index contributed by atoms with van der Waals surface area (Å²) < 4.78 is 5.25. The molecule has 2 fully saturated rings. The molecule has 1 heterocycles. The van der Waals surface area contributed by atoms with Gasteiger partial charge in [0.15, 0.2) is 0 Å². The molecular weight excluding hydrogens is 430 g/mol. The van der Waals surface area contributed by atoms with E-state index in [4.69, 9.17) is 4.74 Å². The lowest BCUT2D eigenvalue weighted by Crippen LogP contribution is -2.49. The van der Waals surface area contributed by atoms with Crippen LogP contribution in [0.1, 0.15) is 63.0 Å². The number of nitrogens with one attached hydrogen (secondary N) is 1. The second-order valence-electron chi connectivity index (χ2n) is 9.54. The monoisotopic (exact) mass is 463 g/mol. The van der Waals surface area contributed by atoms with E-state index in [2.05, 4.69) is 31.3 Å². The zero-order chi connectivity index (χ0) is 24.3. The van der Waals surface area contributed by atoms with Gasteiger partial charge in [-0.1, -0.05) is 57.4 Å². The van der Waals surface area contributed by atoms with E-state index in [-0.39, 0.29) is 18.4 Å². The van der Waals surface area contributed by atoms with Crippen LogP contribution < -0.4 is 15.0 Å². The lowest BCUT2D eigenvalue weighted by atomic mass is 9.82. The second-order valence-corrected chi connectivity index (χ2v) is 9.54. The Morgan fingerprint density at radius 3 is 2.26 bits per heavy atom. The third-order valence-electron chi connectivity index (χ3n) is 6.92. The van der Waals surface area contributed by atoms with Gasteiger partial charge in [-0.3, -0.25) is 14.5 Å². The van der Waals surface area contributed by atoms with Crippen LogP contribution in [-0.4, -0.2) is 41.9 Å². The number of urea groups is 1. The van der Waals surface area contributed by atoms with Crippen LogP contribution in [0.5, 0.6) is 5.75 Å². The van der Waals surface area contributed by atoms with Crippen molar-refractivity contribution in [2.75, 3.05) is 18.6 Å². The topological polar surface area (TPSA) is 79.0 Å². The number of anilines is 1. The van der Waals surface area contributed by atoms with Crippen molar-refractivity contribution in [3.8, 4) is 5.75 Å². The van der Waals surface area contributed by atoms with Crippen LogP contribution in [0, 0.1) is 0 Å². The summed E-state index contributed by atoms with van der Waals surface area (Å²) in [5.74, 6) is 0.516. The van der Waals surface area contributed by atoms with Crippen LogP contribution in [0.2, 0.25) is 0 Å². The molecule has 2 aromatic carbocycles. The molecule has 2 aliphatic rings. The fourth-order valence-corrected chi connectivity index (χ4v) is 4.81. The fourth-order valence-electron chi connectivity index (χ4n) is 4.81. The Morgan fingerprint density at radius 2 is 1.68 bits per heavy atom. The molecule has 1 aliphatic heterocycles. The number of carbonyl (C=O) groups is 3. The Hall–Kier alpha value is -3.35. The maximum Gasteiger partial charge on any atom is 0.325 e. The number of imide groups is 1. The summed E-state index contributed by atoms with van der Waals surface area (Å²) in [6, 6.07) is 14.9. The number of nitrogens with zero attached hydrogens (tertiary/aromatic N) is 2. The number of carbonyl (C=O) groups excluding carboxylic acids is 3. The minimum atomic E-state index is -0.840. The number of hydrogen-bond donors (Lipinski definition) is 1. The Bertz CT molecular complexity index is 1040. The number of amides is 4. The summed E-state index contributed by atoms with van der Waals surface area (Å²) >= 11 is 0. The van der Waals surface area contributed by atoms with Crippen LogP contribution in [0.15, 0.2) is 48.5 Å². The summed E-state index contributed by atoms with van der Waals surface area (Å²) in [6.07, 6.45) is 4.13. The molecular formula is C27H33N3O4. The molecule has 0 aromatic heterocycles. The highest BCUT2D eigenvalue weighted by Crippen LogP contribution is 2.34. The minimum Gasteiger partial charge on any atom is -0.497 e. The Balaban J connectivity index is 1.57. The molecule has 180 valence electrons. The van der Waals surface area contributed by atoms with E-state index in [0.29, 0.717) is 36.7 Å². The highest BCUT2D eigenvalue weighted by atomic mass is 16.5. The van der Waals surface area contributed by atoms with Crippen molar-refractivity contribution in [3.05, 3.63) is 59.7 Å². The van der Waals surface area contributed by atoms with E-state index in [1.165, 1.54) is 5.56 Å². The number of ether oxygens (including phenoxy) is 1. The number of hydrogen-bond acceptors (Lipinski definition) is 4. The summed E-state index contributed by atoms with van der Waals surface area (Å²) in [7, 11) is 1.59. The highest BCUT2D eigenvalue weighted by Gasteiger charge is 2.51. The van der Waals surface area contributed by atoms with Crippen molar-refractivity contribution in [1.82, 2.24) is 10.2 Å². The molecule has 7 heteroatoms. The average Bonchev–Trinajstić information content (AvgIpc) is 3.07. The van der Waals surface area contributed by atoms with E-state index >= 15 is 0 Å². The number of methoxy groups -OCH3 is 1. The van der Waals surface area contributed by atoms with Crippen LogP contribution in [0.4, 0.5) is 10.5 Å². The zero-order valence-electron chi connectivity index (χ0n) is 20.2. The molecule has 1 saturated heterocycles. The highest BCUT2D eigenvalue weighted by molar-refractivity contribution is 6.10. The first-order valence-electron chi connectivity index (χ1n) is 12.0. The summed E-state index contributed by atoms with van der Waals surface area (Å²) in [5.41, 5.74) is 2.03. The molecule has 7 nitrogen and oxygen atoms in total. The van der Waals surface area contributed by atoms with Gasteiger partial charge in [-0.25, -0.2) is 4.79 Å². The third-order valence-corrected chi connectivity index (χ3v) is 6.92. The van der Waals surface area contributed by atoms with Crippen molar-refractivity contribution in [1.29, 1.82) is 0 Å². The third kappa shape index (κ3) is 4.79.